The van der Waals surface area contributed by atoms with Crippen molar-refractivity contribution >= 4 is 11.8 Å². The van der Waals surface area contributed by atoms with Crippen molar-refractivity contribution in [2.45, 2.75) is 39.2 Å². The topological polar surface area (TPSA) is 49.4 Å². The Hall–Kier alpha value is -1.06. The molecule has 1 fully saturated rings. The number of hydrogen-bond donors (Lipinski definition) is 1. The molecule has 80 valence electrons. The van der Waals surface area contributed by atoms with E-state index in [0.29, 0.717) is 6.54 Å². The van der Waals surface area contributed by atoms with Gasteiger partial charge in [-0.1, -0.05) is 6.92 Å². The molecule has 2 amide bonds. The largest absolute Gasteiger partial charge is 0.354 e. The van der Waals surface area contributed by atoms with Crippen LogP contribution in [0, 0.1) is 0 Å². The molecule has 1 unspecified atom stereocenters. The van der Waals surface area contributed by atoms with Crippen LogP contribution in [-0.4, -0.2) is 35.8 Å². The second kappa shape index (κ2) is 4.98. The molecule has 0 aromatic carbocycles. The SMILES string of the molecule is CCCNC(=O)C1CCCN1C(C)=O. The van der Waals surface area contributed by atoms with Crippen LogP contribution in [0.15, 0.2) is 0 Å². The maximum atomic E-state index is 11.6. The molecule has 0 aromatic rings. The van der Waals surface area contributed by atoms with Crippen LogP contribution < -0.4 is 5.32 Å². The molecule has 1 saturated heterocycles. The summed E-state index contributed by atoms with van der Waals surface area (Å²) < 4.78 is 0. The van der Waals surface area contributed by atoms with Gasteiger partial charge >= 0.3 is 0 Å². The summed E-state index contributed by atoms with van der Waals surface area (Å²) >= 11 is 0. The van der Waals surface area contributed by atoms with Crippen LogP contribution in [0.2, 0.25) is 0 Å². The van der Waals surface area contributed by atoms with E-state index in [1.165, 1.54) is 6.92 Å². The van der Waals surface area contributed by atoms with Crippen molar-refractivity contribution in [2.75, 3.05) is 13.1 Å². The van der Waals surface area contributed by atoms with Crippen molar-refractivity contribution in [1.29, 1.82) is 0 Å². The second-order valence-corrected chi connectivity index (χ2v) is 3.66. The van der Waals surface area contributed by atoms with Crippen LogP contribution in [0.4, 0.5) is 0 Å². The number of nitrogens with one attached hydrogen (secondary N) is 1. The van der Waals surface area contributed by atoms with Crippen LogP contribution in [0.5, 0.6) is 0 Å². The molecule has 0 saturated carbocycles. The normalized spacial score (nSPS) is 21.0. The zero-order valence-corrected chi connectivity index (χ0v) is 8.88. The predicted molar refractivity (Wildman–Crippen MR) is 53.7 cm³/mol. The second-order valence-electron chi connectivity index (χ2n) is 3.66. The van der Waals surface area contributed by atoms with Gasteiger partial charge in [0.05, 0.1) is 0 Å². The quantitative estimate of drug-likeness (QED) is 0.719. The van der Waals surface area contributed by atoms with Crippen molar-refractivity contribution in [3.05, 3.63) is 0 Å². The summed E-state index contributed by atoms with van der Waals surface area (Å²) in [7, 11) is 0. The molecule has 0 bridgehead atoms. The third kappa shape index (κ3) is 2.47. The summed E-state index contributed by atoms with van der Waals surface area (Å²) in [6, 6.07) is -0.223. The predicted octanol–water partition coefficient (Wildman–Crippen LogP) is 0.524. The van der Waals surface area contributed by atoms with E-state index in [-0.39, 0.29) is 17.9 Å². The number of carbonyl (C=O) groups is 2. The lowest BCUT2D eigenvalue weighted by atomic mass is 10.2. The van der Waals surface area contributed by atoms with Gasteiger partial charge in [-0.25, -0.2) is 0 Å². The number of amides is 2. The summed E-state index contributed by atoms with van der Waals surface area (Å²) in [6.45, 7) is 4.95. The Kier molecular flexibility index (Phi) is 3.92. The molecule has 14 heavy (non-hydrogen) atoms. The van der Waals surface area contributed by atoms with Crippen molar-refractivity contribution in [1.82, 2.24) is 10.2 Å². The summed E-state index contributed by atoms with van der Waals surface area (Å²) in [6.07, 6.45) is 2.66. The number of likely N-dealkylation sites (tertiary alicyclic amines) is 1. The maximum Gasteiger partial charge on any atom is 0.242 e. The fourth-order valence-electron chi connectivity index (χ4n) is 1.78. The molecule has 0 aliphatic carbocycles. The first-order valence-corrected chi connectivity index (χ1v) is 5.21. The Morgan fingerprint density at radius 1 is 1.50 bits per heavy atom. The summed E-state index contributed by atoms with van der Waals surface area (Å²) in [5.41, 5.74) is 0. The minimum Gasteiger partial charge on any atom is -0.354 e. The molecule has 4 nitrogen and oxygen atoms in total. The van der Waals surface area contributed by atoms with Gasteiger partial charge in [0.15, 0.2) is 0 Å². The van der Waals surface area contributed by atoms with Crippen molar-refractivity contribution in [3.8, 4) is 0 Å². The average Bonchev–Trinajstić information content (AvgIpc) is 2.62. The van der Waals surface area contributed by atoms with E-state index in [0.717, 1.165) is 25.8 Å². The molecule has 0 spiro atoms. The van der Waals surface area contributed by atoms with Gasteiger partial charge in [0, 0.05) is 20.0 Å². The van der Waals surface area contributed by atoms with Gasteiger partial charge in [-0.3, -0.25) is 9.59 Å². The highest BCUT2D eigenvalue weighted by molar-refractivity contribution is 5.87. The van der Waals surface area contributed by atoms with Crippen molar-refractivity contribution in [2.24, 2.45) is 0 Å². The Bertz CT molecular complexity index is 228. The molecule has 1 N–H and O–H groups in total. The van der Waals surface area contributed by atoms with Gasteiger partial charge in [-0.15, -0.1) is 0 Å². The smallest absolute Gasteiger partial charge is 0.242 e. The summed E-state index contributed by atoms with van der Waals surface area (Å²) in [5.74, 6) is -0.00121. The molecular formula is C10H18N2O2. The lowest BCUT2D eigenvalue weighted by Gasteiger charge is -2.22. The Balaban J connectivity index is 2.49. The van der Waals surface area contributed by atoms with Gasteiger partial charge in [-0.2, -0.15) is 0 Å². The van der Waals surface area contributed by atoms with E-state index in [1.54, 1.807) is 4.90 Å². The Labute approximate surface area is 84.7 Å². The Morgan fingerprint density at radius 2 is 2.21 bits per heavy atom. The molecule has 0 radical (unpaired) electrons. The van der Waals surface area contributed by atoms with E-state index >= 15 is 0 Å². The molecule has 4 heteroatoms. The Morgan fingerprint density at radius 3 is 2.79 bits per heavy atom. The van der Waals surface area contributed by atoms with E-state index in [2.05, 4.69) is 5.32 Å². The molecule has 1 aliphatic rings. The fourth-order valence-corrected chi connectivity index (χ4v) is 1.78. The van der Waals surface area contributed by atoms with Gasteiger partial charge in [0.2, 0.25) is 11.8 Å². The molecule has 1 heterocycles. The monoisotopic (exact) mass is 198 g/mol. The van der Waals surface area contributed by atoms with Crippen LogP contribution >= 0.6 is 0 Å². The zero-order chi connectivity index (χ0) is 10.6. The van der Waals surface area contributed by atoms with Gasteiger partial charge in [-0.05, 0) is 19.3 Å². The number of carbonyl (C=O) groups excluding carboxylic acids is 2. The fraction of sp³-hybridized carbons (Fsp3) is 0.800. The summed E-state index contributed by atoms with van der Waals surface area (Å²) in [4.78, 5) is 24.5. The lowest BCUT2D eigenvalue weighted by molar-refractivity contribution is -0.136. The van der Waals surface area contributed by atoms with Crippen LogP contribution in [0.3, 0.4) is 0 Å². The highest BCUT2D eigenvalue weighted by Gasteiger charge is 2.31. The van der Waals surface area contributed by atoms with Crippen molar-refractivity contribution in [3.63, 3.8) is 0 Å². The minimum absolute atomic E-state index is 0.000417. The highest BCUT2D eigenvalue weighted by Crippen LogP contribution is 2.17. The zero-order valence-electron chi connectivity index (χ0n) is 8.88. The first-order chi connectivity index (χ1) is 6.66. The van der Waals surface area contributed by atoms with Crippen LogP contribution in [0.25, 0.3) is 0 Å². The molecule has 1 atom stereocenters. The van der Waals surface area contributed by atoms with Gasteiger partial charge < -0.3 is 10.2 Å². The van der Waals surface area contributed by atoms with Crippen LogP contribution in [0.1, 0.15) is 33.1 Å². The first-order valence-electron chi connectivity index (χ1n) is 5.21. The van der Waals surface area contributed by atoms with Gasteiger partial charge in [0.25, 0.3) is 0 Å². The molecule has 1 aliphatic heterocycles. The average molecular weight is 198 g/mol. The van der Waals surface area contributed by atoms with E-state index in [4.69, 9.17) is 0 Å². The lowest BCUT2D eigenvalue weighted by Crippen LogP contribution is -2.45. The third-order valence-corrected chi connectivity index (χ3v) is 2.51. The third-order valence-electron chi connectivity index (χ3n) is 2.51. The van der Waals surface area contributed by atoms with Crippen LogP contribution in [-0.2, 0) is 9.59 Å². The van der Waals surface area contributed by atoms with E-state index in [1.807, 2.05) is 6.92 Å². The minimum atomic E-state index is -0.223. The number of rotatable bonds is 3. The molecule has 0 aromatic heterocycles. The van der Waals surface area contributed by atoms with E-state index < -0.39 is 0 Å². The maximum absolute atomic E-state index is 11.6. The van der Waals surface area contributed by atoms with E-state index in [9.17, 15) is 9.59 Å². The summed E-state index contributed by atoms with van der Waals surface area (Å²) in [5, 5.41) is 2.83. The first kappa shape index (κ1) is 11.0. The standard InChI is InChI=1S/C10H18N2O2/c1-3-6-11-10(14)9-5-4-7-12(9)8(2)13/h9H,3-7H2,1-2H3,(H,11,14). The molecular weight excluding hydrogens is 180 g/mol. The highest BCUT2D eigenvalue weighted by atomic mass is 16.2. The van der Waals surface area contributed by atoms with Crippen molar-refractivity contribution < 1.29 is 9.59 Å². The molecule has 1 rings (SSSR count). The number of hydrogen-bond acceptors (Lipinski definition) is 2. The van der Waals surface area contributed by atoms with Gasteiger partial charge in [0.1, 0.15) is 6.04 Å². The number of nitrogens with zero attached hydrogens (tertiary/aromatic N) is 1.